The first kappa shape index (κ1) is 66.1. The number of aromatic nitrogens is 2. The van der Waals surface area contributed by atoms with Crippen LogP contribution in [0.3, 0.4) is 0 Å². The molecule has 0 spiro atoms. The molecule has 0 N–H and O–H groups in total. The fourth-order valence-electron chi connectivity index (χ4n) is 17.8. The molecule has 105 heavy (non-hydrogen) atoms. The lowest BCUT2D eigenvalue weighted by Gasteiger charge is -2.46. The Morgan fingerprint density at radius 1 is 0.276 bits per heavy atom. The SMILES string of the molecule is CC(C)(C)c1ccc(-c2cc(C(C)(C)C)ccc2N2c3ccc(-c4cccc(-n5c6ccccc6c6ccccc65)c4)cc3B3c4cc(-c5cccc(-n6c7ccccc7c7ccccc76)c5)ccc4N(c4ccc(C(C)(C)C)cc4-c4ccc(C(C)(C)C)cc4)c4cc(C5CCCCC5)cc2c43)cc1. The van der Waals surface area contributed by atoms with Crippen LogP contribution in [0.5, 0.6) is 0 Å². The van der Waals surface area contributed by atoms with Crippen LogP contribution >= 0.6 is 0 Å². The predicted molar refractivity (Wildman–Crippen MR) is 452 cm³/mol. The highest BCUT2D eigenvalue weighted by molar-refractivity contribution is 7.00. The molecular weight excluding hydrogens is 1270 g/mol. The van der Waals surface area contributed by atoms with Crippen LogP contribution < -0.4 is 26.2 Å². The van der Waals surface area contributed by atoms with E-state index < -0.39 is 0 Å². The first-order chi connectivity index (χ1) is 50.6. The van der Waals surface area contributed by atoms with Gasteiger partial charge in [-0.05, 0) is 215 Å². The average Bonchev–Trinajstić information content (AvgIpc) is 1.37. The number of nitrogens with zero attached hydrogens (tertiary/aromatic N) is 4. The molecule has 1 fully saturated rings. The van der Waals surface area contributed by atoms with Crippen molar-refractivity contribution in [3.8, 4) is 55.9 Å². The van der Waals surface area contributed by atoms with Crippen molar-refractivity contribution in [3.63, 3.8) is 0 Å². The molecule has 5 heteroatoms. The first-order valence-corrected chi connectivity index (χ1v) is 38.4. The van der Waals surface area contributed by atoms with Gasteiger partial charge in [-0.25, -0.2) is 0 Å². The molecular formula is C100H93BN4. The van der Waals surface area contributed by atoms with E-state index in [9.17, 15) is 0 Å². The molecule has 0 bridgehead atoms. The molecule has 2 aliphatic heterocycles. The van der Waals surface area contributed by atoms with Gasteiger partial charge in [0.1, 0.15) is 0 Å². The molecule has 18 rings (SSSR count). The Morgan fingerprint density at radius 2 is 0.610 bits per heavy atom. The molecule has 0 amide bonds. The maximum absolute atomic E-state index is 2.73. The molecule has 4 nitrogen and oxygen atoms in total. The summed E-state index contributed by atoms with van der Waals surface area (Å²) in [5, 5.41) is 5.03. The number of rotatable bonds is 9. The minimum atomic E-state index is -0.194. The van der Waals surface area contributed by atoms with E-state index in [1.165, 1.54) is 199 Å². The van der Waals surface area contributed by atoms with Gasteiger partial charge in [-0.3, -0.25) is 0 Å². The molecule has 0 atom stereocenters. The molecule has 4 heterocycles. The van der Waals surface area contributed by atoms with Gasteiger partial charge in [-0.15, -0.1) is 0 Å². The molecule has 15 aromatic rings. The van der Waals surface area contributed by atoms with Crippen LogP contribution in [0.4, 0.5) is 34.1 Å². The van der Waals surface area contributed by atoms with Crippen molar-refractivity contribution in [2.24, 2.45) is 0 Å². The molecule has 1 saturated carbocycles. The highest BCUT2D eigenvalue weighted by Gasteiger charge is 2.46. The van der Waals surface area contributed by atoms with Crippen molar-refractivity contribution in [2.75, 3.05) is 9.80 Å². The molecule has 0 radical (unpaired) electrons. The van der Waals surface area contributed by atoms with Gasteiger partial charge in [0.2, 0.25) is 0 Å². The van der Waals surface area contributed by atoms with Gasteiger partial charge in [0.05, 0.1) is 33.4 Å². The molecule has 1 aliphatic carbocycles. The van der Waals surface area contributed by atoms with Crippen molar-refractivity contribution in [1.29, 1.82) is 0 Å². The largest absolute Gasteiger partial charge is 0.311 e. The van der Waals surface area contributed by atoms with Crippen molar-refractivity contribution in [2.45, 2.75) is 143 Å². The van der Waals surface area contributed by atoms with Crippen LogP contribution in [0.15, 0.2) is 279 Å². The topological polar surface area (TPSA) is 16.3 Å². The van der Waals surface area contributed by atoms with E-state index in [-0.39, 0.29) is 28.4 Å². The molecule has 516 valence electrons. The maximum Gasteiger partial charge on any atom is 0.252 e. The summed E-state index contributed by atoms with van der Waals surface area (Å²) in [7, 11) is 0. The Bertz CT molecular complexity index is 5480. The van der Waals surface area contributed by atoms with Crippen LogP contribution in [-0.4, -0.2) is 15.8 Å². The third kappa shape index (κ3) is 11.3. The zero-order valence-corrected chi connectivity index (χ0v) is 63.0. The standard InChI is InChI=1S/C100H93BN4/c1-97(2,3)72-46-40-65(41-47-72)82-62-74(99(7,8)9)50-54-90(82)104-92-52-44-69(67-28-24-30-76(56-67)102-86-36-20-16-32-78(86)79-33-17-21-37-87(79)102)58-84(92)101-85-59-70(68-29-25-31-77(57-68)103-88-38-22-18-34-80(88)81-35-19-23-39-89(81)103)45-53-93(85)105(95-61-71(60-94(104)96(95)101)64-26-14-13-15-27-64)91-55-51-75(100(10,11)12)63-83(91)66-42-48-73(49-43-66)98(4,5)6/h16-25,28-64H,13-15,26-27H2,1-12H3. The monoisotopic (exact) mass is 1360 g/mol. The van der Waals surface area contributed by atoms with Crippen molar-refractivity contribution in [1.82, 2.24) is 9.13 Å². The van der Waals surface area contributed by atoms with Gasteiger partial charge in [-0.2, -0.15) is 0 Å². The van der Waals surface area contributed by atoms with Crippen molar-refractivity contribution < 1.29 is 0 Å². The van der Waals surface area contributed by atoms with Crippen molar-refractivity contribution in [3.05, 3.63) is 307 Å². The third-order valence-corrected chi connectivity index (χ3v) is 23.5. The van der Waals surface area contributed by atoms with Gasteiger partial charge in [-0.1, -0.05) is 284 Å². The van der Waals surface area contributed by atoms with E-state index in [0.29, 0.717) is 5.92 Å². The summed E-state index contributed by atoms with van der Waals surface area (Å²) in [5.41, 5.74) is 34.3. The molecule has 0 saturated heterocycles. The summed E-state index contributed by atoms with van der Waals surface area (Å²) in [5.74, 6) is 0.402. The van der Waals surface area contributed by atoms with E-state index in [1.54, 1.807) is 0 Å². The Balaban J connectivity index is 0.941. The number of anilines is 6. The fourth-order valence-corrected chi connectivity index (χ4v) is 17.8. The summed E-state index contributed by atoms with van der Waals surface area (Å²) in [6.07, 6.45) is 6.07. The van der Waals surface area contributed by atoms with Crippen LogP contribution in [0.1, 0.15) is 149 Å². The molecule has 13 aromatic carbocycles. The zero-order chi connectivity index (χ0) is 72.0. The summed E-state index contributed by atoms with van der Waals surface area (Å²) >= 11 is 0. The summed E-state index contributed by atoms with van der Waals surface area (Å²) in [6, 6.07) is 108. The van der Waals surface area contributed by atoms with E-state index >= 15 is 0 Å². The second-order valence-electron chi connectivity index (χ2n) is 34.4. The van der Waals surface area contributed by atoms with Crippen LogP contribution in [0.2, 0.25) is 0 Å². The smallest absolute Gasteiger partial charge is 0.252 e. The van der Waals surface area contributed by atoms with Crippen LogP contribution in [0.25, 0.3) is 99.5 Å². The number of fused-ring (bicyclic) bond motifs is 10. The van der Waals surface area contributed by atoms with Gasteiger partial charge >= 0.3 is 0 Å². The quantitative estimate of drug-likeness (QED) is 0.134. The van der Waals surface area contributed by atoms with E-state index in [2.05, 4.69) is 381 Å². The number of para-hydroxylation sites is 4. The van der Waals surface area contributed by atoms with E-state index in [1.807, 2.05) is 0 Å². The van der Waals surface area contributed by atoms with Gasteiger partial charge < -0.3 is 18.9 Å². The average molecular weight is 1360 g/mol. The Kier molecular flexibility index (Phi) is 15.7. The molecule has 3 aliphatic rings. The first-order valence-electron chi connectivity index (χ1n) is 38.4. The third-order valence-electron chi connectivity index (χ3n) is 23.5. The minimum Gasteiger partial charge on any atom is -0.311 e. The van der Waals surface area contributed by atoms with Crippen molar-refractivity contribution >= 4 is 101 Å². The highest BCUT2D eigenvalue weighted by Crippen LogP contribution is 2.53. The Morgan fingerprint density at radius 3 is 0.981 bits per heavy atom. The second-order valence-corrected chi connectivity index (χ2v) is 34.4. The lowest BCUT2D eigenvalue weighted by atomic mass is 9.33. The zero-order valence-electron chi connectivity index (χ0n) is 63.0. The highest BCUT2D eigenvalue weighted by atomic mass is 15.2. The number of benzene rings is 13. The molecule has 2 aromatic heterocycles. The van der Waals surface area contributed by atoms with Gasteiger partial charge in [0.25, 0.3) is 6.71 Å². The van der Waals surface area contributed by atoms with Crippen LogP contribution in [0, 0.1) is 0 Å². The summed E-state index contributed by atoms with van der Waals surface area (Å²) < 4.78 is 4.92. The molecule has 0 unspecified atom stereocenters. The summed E-state index contributed by atoms with van der Waals surface area (Å²) in [4.78, 5) is 5.46. The lowest BCUT2D eigenvalue weighted by molar-refractivity contribution is 0.444. The Hall–Kier alpha value is -10.9. The Labute approximate surface area is 621 Å². The minimum absolute atomic E-state index is 0.00523. The van der Waals surface area contributed by atoms with Crippen LogP contribution in [-0.2, 0) is 21.7 Å². The number of hydrogen-bond donors (Lipinski definition) is 0. The number of hydrogen-bond acceptors (Lipinski definition) is 2. The van der Waals surface area contributed by atoms with E-state index in [0.717, 1.165) is 11.4 Å². The normalized spacial score (nSPS) is 14.2. The second kappa shape index (κ2) is 24.9. The van der Waals surface area contributed by atoms with Gasteiger partial charge in [0, 0.05) is 66.8 Å². The van der Waals surface area contributed by atoms with Gasteiger partial charge in [0.15, 0.2) is 0 Å². The maximum atomic E-state index is 2.73. The van der Waals surface area contributed by atoms with E-state index in [4.69, 9.17) is 0 Å². The fraction of sp³-hybridized carbons (Fsp3) is 0.220. The summed E-state index contributed by atoms with van der Waals surface area (Å²) in [6.45, 7) is 27.9. The predicted octanol–water partition coefficient (Wildman–Crippen LogP) is 25.9. The lowest BCUT2D eigenvalue weighted by Crippen LogP contribution is -2.61.